The number of hydrogen-bond acceptors (Lipinski definition) is 7. The van der Waals surface area contributed by atoms with Gasteiger partial charge in [-0.2, -0.15) is 4.72 Å². The molecule has 0 saturated heterocycles. The number of rotatable bonds is 8. The van der Waals surface area contributed by atoms with Crippen LogP contribution in [0.4, 0.5) is 0 Å². The topological polar surface area (TPSA) is 111 Å². The molecule has 0 unspecified atom stereocenters. The standard InChI is InChI=1S/C19H23NO7S/c1-12-5-8-14(9-6-12)28(23,24)20-17(19(22)27-4)18(21)13-7-10-15(25-2)16(11-13)26-3/h5-11,17-18,20-21H,1-4H3/t17-,18+/m0/s1. The van der Waals surface area contributed by atoms with E-state index in [1.807, 2.05) is 6.92 Å². The highest BCUT2D eigenvalue weighted by Gasteiger charge is 2.34. The summed E-state index contributed by atoms with van der Waals surface area (Å²) in [6.07, 6.45) is -1.52. The zero-order valence-corrected chi connectivity index (χ0v) is 16.8. The van der Waals surface area contributed by atoms with Crippen molar-refractivity contribution in [1.82, 2.24) is 4.72 Å². The number of carbonyl (C=O) groups is 1. The van der Waals surface area contributed by atoms with Crippen molar-refractivity contribution in [3.63, 3.8) is 0 Å². The first-order valence-electron chi connectivity index (χ1n) is 8.30. The first-order chi connectivity index (χ1) is 13.2. The highest BCUT2D eigenvalue weighted by molar-refractivity contribution is 7.89. The quantitative estimate of drug-likeness (QED) is 0.637. The summed E-state index contributed by atoms with van der Waals surface area (Å²) in [5.74, 6) is -0.185. The average Bonchev–Trinajstić information content (AvgIpc) is 2.70. The van der Waals surface area contributed by atoms with Gasteiger partial charge >= 0.3 is 5.97 Å². The third-order valence-corrected chi connectivity index (χ3v) is 5.59. The van der Waals surface area contributed by atoms with E-state index in [-0.39, 0.29) is 10.5 Å². The van der Waals surface area contributed by atoms with Crippen LogP contribution in [-0.4, -0.2) is 46.9 Å². The van der Waals surface area contributed by atoms with E-state index < -0.39 is 28.1 Å². The predicted molar refractivity (Wildman–Crippen MR) is 102 cm³/mol. The van der Waals surface area contributed by atoms with E-state index in [2.05, 4.69) is 9.46 Å². The fourth-order valence-electron chi connectivity index (χ4n) is 2.55. The number of nitrogens with one attached hydrogen (secondary N) is 1. The van der Waals surface area contributed by atoms with E-state index >= 15 is 0 Å². The maximum atomic E-state index is 12.7. The van der Waals surface area contributed by atoms with Gasteiger partial charge in [0.15, 0.2) is 11.5 Å². The van der Waals surface area contributed by atoms with E-state index in [1.165, 1.54) is 38.5 Å². The van der Waals surface area contributed by atoms with Gasteiger partial charge in [-0.1, -0.05) is 23.8 Å². The summed E-state index contributed by atoms with van der Waals surface area (Å²) in [4.78, 5) is 12.2. The van der Waals surface area contributed by atoms with Crippen LogP contribution in [0.2, 0.25) is 0 Å². The average molecular weight is 409 g/mol. The van der Waals surface area contributed by atoms with Gasteiger partial charge < -0.3 is 19.3 Å². The molecule has 0 heterocycles. The van der Waals surface area contributed by atoms with Crippen molar-refractivity contribution in [2.75, 3.05) is 21.3 Å². The molecule has 152 valence electrons. The number of aliphatic hydroxyl groups excluding tert-OH is 1. The van der Waals surface area contributed by atoms with Crippen LogP contribution in [0.3, 0.4) is 0 Å². The Kier molecular flexibility index (Phi) is 7.00. The summed E-state index contributed by atoms with van der Waals surface area (Å²) >= 11 is 0. The third-order valence-electron chi connectivity index (χ3n) is 4.13. The smallest absolute Gasteiger partial charge is 0.326 e. The van der Waals surface area contributed by atoms with Crippen LogP contribution in [0.25, 0.3) is 0 Å². The molecule has 0 aliphatic carbocycles. The van der Waals surface area contributed by atoms with Crippen LogP contribution in [0, 0.1) is 6.92 Å². The number of sulfonamides is 1. The molecule has 2 N–H and O–H groups in total. The minimum atomic E-state index is -4.08. The van der Waals surface area contributed by atoms with Gasteiger partial charge in [0.1, 0.15) is 12.1 Å². The molecule has 0 aromatic heterocycles. The Morgan fingerprint density at radius 2 is 1.61 bits per heavy atom. The summed E-state index contributed by atoms with van der Waals surface area (Å²) in [5, 5.41) is 10.7. The van der Waals surface area contributed by atoms with Crippen molar-refractivity contribution in [2.45, 2.75) is 24.0 Å². The van der Waals surface area contributed by atoms with Crippen LogP contribution in [0.5, 0.6) is 11.5 Å². The van der Waals surface area contributed by atoms with Gasteiger partial charge in [-0.05, 0) is 36.8 Å². The van der Waals surface area contributed by atoms with Crippen molar-refractivity contribution < 1.29 is 32.5 Å². The molecule has 0 aliphatic rings. The maximum Gasteiger partial charge on any atom is 0.326 e. The number of methoxy groups -OCH3 is 3. The lowest BCUT2D eigenvalue weighted by Crippen LogP contribution is -2.45. The molecular weight excluding hydrogens is 386 g/mol. The van der Waals surface area contributed by atoms with Crippen LogP contribution in [-0.2, 0) is 19.6 Å². The van der Waals surface area contributed by atoms with Crippen LogP contribution >= 0.6 is 0 Å². The van der Waals surface area contributed by atoms with Crippen molar-refractivity contribution in [2.24, 2.45) is 0 Å². The van der Waals surface area contributed by atoms with Crippen LogP contribution in [0.1, 0.15) is 17.2 Å². The predicted octanol–water partition coefficient (Wildman–Crippen LogP) is 1.57. The van der Waals surface area contributed by atoms with Crippen molar-refractivity contribution in [3.8, 4) is 11.5 Å². The summed E-state index contributed by atoms with van der Waals surface area (Å²) in [7, 11) is -0.0899. The zero-order chi connectivity index (χ0) is 20.9. The van der Waals surface area contributed by atoms with E-state index in [0.717, 1.165) is 12.7 Å². The van der Waals surface area contributed by atoms with Gasteiger partial charge in [0.05, 0.1) is 26.2 Å². The molecule has 0 spiro atoms. The summed E-state index contributed by atoms with van der Waals surface area (Å²) in [6, 6.07) is 9.03. The molecule has 28 heavy (non-hydrogen) atoms. The molecule has 0 saturated carbocycles. The minimum Gasteiger partial charge on any atom is -0.493 e. The number of carbonyl (C=O) groups excluding carboxylic acids is 1. The molecule has 8 nitrogen and oxygen atoms in total. The van der Waals surface area contributed by atoms with E-state index in [0.29, 0.717) is 11.5 Å². The molecule has 9 heteroatoms. The first-order valence-corrected chi connectivity index (χ1v) is 9.78. The fraction of sp³-hybridized carbons (Fsp3) is 0.316. The Morgan fingerprint density at radius 3 is 2.14 bits per heavy atom. The Bertz CT molecular complexity index is 926. The first kappa shape index (κ1) is 21.7. The monoisotopic (exact) mass is 409 g/mol. The number of aryl methyl sites for hydroxylation is 1. The van der Waals surface area contributed by atoms with E-state index in [9.17, 15) is 18.3 Å². The second-order valence-corrected chi connectivity index (χ2v) is 7.71. The minimum absolute atomic E-state index is 0.0356. The number of benzene rings is 2. The SMILES string of the molecule is COC(=O)[C@@H](NS(=O)(=O)c1ccc(C)cc1)[C@H](O)c1ccc(OC)c(OC)c1. The van der Waals surface area contributed by atoms with E-state index in [1.54, 1.807) is 18.2 Å². The third kappa shape index (κ3) is 4.80. The molecular formula is C19H23NO7S. The second-order valence-electron chi connectivity index (χ2n) is 5.99. The van der Waals surface area contributed by atoms with Gasteiger partial charge in [-0.3, -0.25) is 4.79 Å². The van der Waals surface area contributed by atoms with Crippen LogP contribution in [0.15, 0.2) is 47.4 Å². The number of aliphatic hydroxyl groups is 1. The molecule has 2 aromatic carbocycles. The highest BCUT2D eigenvalue weighted by Crippen LogP contribution is 2.31. The van der Waals surface area contributed by atoms with Gasteiger partial charge in [0.2, 0.25) is 10.0 Å². The van der Waals surface area contributed by atoms with Crippen LogP contribution < -0.4 is 14.2 Å². The van der Waals surface area contributed by atoms with E-state index in [4.69, 9.17) is 9.47 Å². The lowest BCUT2D eigenvalue weighted by Gasteiger charge is -2.23. The Balaban J connectivity index is 2.38. The molecule has 2 rings (SSSR count). The molecule has 0 aliphatic heterocycles. The van der Waals surface area contributed by atoms with Gasteiger partial charge in [-0.15, -0.1) is 0 Å². The molecule has 0 radical (unpaired) electrons. The number of esters is 1. The molecule has 0 amide bonds. The molecule has 2 atom stereocenters. The highest BCUT2D eigenvalue weighted by atomic mass is 32.2. The van der Waals surface area contributed by atoms with Gasteiger partial charge in [0.25, 0.3) is 0 Å². The summed E-state index contributed by atoms with van der Waals surface area (Å²) in [5.41, 5.74) is 1.13. The van der Waals surface area contributed by atoms with Crippen molar-refractivity contribution in [1.29, 1.82) is 0 Å². The number of ether oxygens (including phenoxy) is 3. The van der Waals surface area contributed by atoms with Gasteiger partial charge in [0, 0.05) is 0 Å². The summed E-state index contributed by atoms with van der Waals surface area (Å²) < 4.78 is 42.5. The largest absolute Gasteiger partial charge is 0.493 e. The lowest BCUT2D eigenvalue weighted by atomic mass is 10.0. The Hall–Kier alpha value is -2.62. The summed E-state index contributed by atoms with van der Waals surface area (Å²) in [6.45, 7) is 1.82. The van der Waals surface area contributed by atoms with Crippen molar-refractivity contribution in [3.05, 3.63) is 53.6 Å². The zero-order valence-electron chi connectivity index (χ0n) is 16.0. The molecule has 0 fully saturated rings. The van der Waals surface area contributed by atoms with Gasteiger partial charge in [-0.25, -0.2) is 8.42 Å². The Labute approximate surface area is 164 Å². The fourth-order valence-corrected chi connectivity index (χ4v) is 3.74. The van der Waals surface area contributed by atoms with Crippen molar-refractivity contribution >= 4 is 16.0 Å². The maximum absolute atomic E-state index is 12.7. The molecule has 2 aromatic rings. The lowest BCUT2D eigenvalue weighted by molar-refractivity contribution is -0.145. The Morgan fingerprint density at radius 1 is 1.00 bits per heavy atom. The second kappa shape index (κ2) is 9.05. The molecule has 0 bridgehead atoms. The number of hydrogen-bond donors (Lipinski definition) is 2. The normalized spacial score (nSPS) is 13.5.